The van der Waals surface area contributed by atoms with Crippen molar-refractivity contribution in [1.82, 2.24) is 5.32 Å². The van der Waals surface area contributed by atoms with Crippen molar-refractivity contribution in [1.29, 1.82) is 0 Å². The van der Waals surface area contributed by atoms with Crippen LogP contribution in [0.3, 0.4) is 0 Å². The number of nitrogens with one attached hydrogen (secondary N) is 1. The van der Waals surface area contributed by atoms with Crippen molar-refractivity contribution < 1.29 is 28.6 Å². The van der Waals surface area contributed by atoms with Crippen molar-refractivity contribution in [2.24, 2.45) is 0 Å². The van der Waals surface area contributed by atoms with Crippen LogP contribution in [0.4, 0.5) is 10.5 Å². The molecule has 1 heterocycles. The number of carbonyl (C=O) groups excluding carboxylic acids is 3. The van der Waals surface area contributed by atoms with Crippen molar-refractivity contribution >= 4 is 41.2 Å². The Kier molecular flexibility index (Phi) is 8.66. The minimum Gasteiger partial charge on any atom is -0.493 e. The number of urea groups is 1. The molecule has 0 saturated carbocycles. The number of ether oxygens (including phenoxy) is 3. The third-order valence-corrected chi connectivity index (χ3v) is 5.82. The molecule has 4 amide bonds. The molecule has 38 heavy (non-hydrogen) atoms. The largest absolute Gasteiger partial charge is 0.493 e. The Hall–Kier alpha value is -4.30. The number of halogens is 1. The molecule has 1 aliphatic rings. The van der Waals surface area contributed by atoms with Crippen LogP contribution in [0.1, 0.15) is 24.5 Å². The minimum absolute atomic E-state index is 0.191. The molecule has 0 spiro atoms. The molecule has 4 rings (SSSR count). The number of benzene rings is 3. The number of hydrogen-bond acceptors (Lipinski definition) is 6. The van der Waals surface area contributed by atoms with E-state index in [1.165, 1.54) is 18.2 Å². The summed E-state index contributed by atoms with van der Waals surface area (Å²) >= 11 is 5.92. The lowest BCUT2D eigenvalue weighted by Gasteiger charge is -2.26. The predicted molar refractivity (Wildman–Crippen MR) is 145 cm³/mol. The fourth-order valence-corrected chi connectivity index (χ4v) is 3.91. The van der Waals surface area contributed by atoms with Crippen LogP contribution in [-0.2, 0) is 9.59 Å². The molecule has 3 aromatic rings. The van der Waals surface area contributed by atoms with Gasteiger partial charge in [0, 0.05) is 11.4 Å². The van der Waals surface area contributed by atoms with Gasteiger partial charge in [-0.3, -0.25) is 14.9 Å². The number of aryl methyl sites for hydroxylation is 1. The Bertz CT molecular complexity index is 1370. The molecule has 8 nitrogen and oxygen atoms in total. The van der Waals surface area contributed by atoms with Gasteiger partial charge >= 0.3 is 6.03 Å². The van der Waals surface area contributed by atoms with E-state index >= 15 is 0 Å². The van der Waals surface area contributed by atoms with Crippen LogP contribution in [0.2, 0.25) is 5.02 Å². The molecule has 0 aliphatic carbocycles. The van der Waals surface area contributed by atoms with Crippen LogP contribution >= 0.6 is 11.6 Å². The van der Waals surface area contributed by atoms with Gasteiger partial charge in [0.2, 0.25) is 0 Å². The standard InChI is InChI=1S/C29H27ClN2O6/c1-3-36-26-18-20(8-13-25(26)38-15-5-14-37-23-7-4-6-19(2)16-23)17-24-27(33)31-29(35)32(28(24)34)22-11-9-21(30)10-12-22/h4,6-13,16-18H,3,5,14-15H2,1-2H3,(H,31,33,35)/b24-17-. The van der Waals surface area contributed by atoms with Crippen LogP contribution in [0.5, 0.6) is 17.2 Å². The number of hydrogen-bond donors (Lipinski definition) is 1. The summed E-state index contributed by atoms with van der Waals surface area (Å²) in [6.45, 7) is 5.16. The maximum atomic E-state index is 13.1. The van der Waals surface area contributed by atoms with Gasteiger partial charge in [-0.25, -0.2) is 9.69 Å². The van der Waals surface area contributed by atoms with Gasteiger partial charge in [-0.15, -0.1) is 0 Å². The number of imide groups is 2. The van der Waals surface area contributed by atoms with E-state index in [9.17, 15) is 14.4 Å². The van der Waals surface area contributed by atoms with Crippen LogP contribution in [-0.4, -0.2) is 37.7 Å². The third kappa shape index (κ3) is 6.52. The van der Waals surface area contributed by atoms with E-state index in [2.05, 4.69) is 5.32 Å². The summed E-state index contributed by atoms with van der Waals surface area (Å²) in [7, 11) is 0. The van der Waals surface area contributed by atoms with E-state index < -0.39 is 17.8 Å². The Morgan fingerprint density at radius 3 is 2.39 bits per heavy atom. The first kappa shape index (κ1) is 26.8. The lowest BCUT2D eigenvalue weighted by molar-refractivity contribution is -0.122. The van der Waals surface area contributed by atoms with Gasteiger partial charge in [-0.05, 0) is 79.6 Å². The molecule has 0 unspecified atom stereocenters. The first-order chi connectivity index (χ1) is 18.4. The van der Waals surface area contributed by atoms with Crippen LogP contribution in [0.25, 0.3) is 6.08 Å². The van der Waals surface area contributed by atoms with Gasteiger partial charge in [0.15, 0.2) is 11.5 Å². The molecule has 0 aromatic heterocycles. The maximum Gasteiger partial charge on any atom is 0.335 e. The highest BCUT2D eigenvalue weighted by Crippen LogP contribution is 2.30. The van der Waals surface area contributed by atoms with E-state index in [1.807, 2.05) is 38.1 Å². The number of barbiturate groups is 1. The summed E-state index contributed by atoms with van der Waals surface area (Å²) in [6, 6.07) is 18.3. The molecule has 1 aliphatic heterocycles. The van der Waals surface area contributed by atoms with Crippen LogP contribution in [0.15, 0.2) is 72.3 Å². The van der Waals surface area contributed by atoms with Crippen molar-refractivity contribution in [3.8, 4) is 17.2 Å². The van der Waals surface area contributed by atoms with Gasteiger partial charge in [0.05, 0.1) is 25.5 Å². The molecular formula is C29H27ClN2O6. The number of carbonyl (C=O) groups is 3. The normalized spacial score (nSPS) is 14.4. The average molecular weight is 535 g/mol. The van der Waals surface area contributed by atoms with Crippen LogP contribution in [0, 0.1) is 6.92 Å². The number of anilines is 1. The summed E-state index contributed by atoms with van der Waals surface area (Å²) < 4.78 is 17.4. The van der Waals surface area contributed by atoms with Crippen molar-refractivity contribution in [3.05, 3.63) is 88.5 Å². The highest BCUT2D eigenvalue weighted by Gasteiger charge is 2.36. The highest BCUT2D eigenvalue weighted by molar-refractivity contribution is 6.39. The zero-order valence-electron chi connectivity index (χ0n) is 21.0. The van der Waals surface area contributed by atoms with E-state index in [0.717, 1.165) is 16.2 Å². The summed E-state index contributed by atoms with van der Waals surface area (Å²) in [4.78, 5) is 38.9. The molecule has 196 valence electrons. The fraction of sp³-hybridized carbons (Fsp3) is 0.207. The smallest absolute Gasteiger partial charge is 0.335 e. The zero-order valence-corrected chi connectivity index (χ0v) is 21.8. The van der Waals surface area contributed by atoms with Crippen molar-refractivity contribution in [2.45, 2.75) is 20.3 Å². The zero-order chi connectivity index (χ0) is 27.1. The second kappa shape index (κ2) is 12.3. The predicted octanol–water partition coefficient (Wildman–Crippen LogP) is 5.56. The Labute approximate surface area is 225 Å². The monoisotopic (exact) mass is 534 g/mol. The maximum absolute atomic E-state index is 13.1. The molecule has 0 bridgehead atoms. The summed E-state index contributed by atoms with van der Waals surface area (Å²) in [5.41, 5.74) is 1.77. The Balaban J connectivity index is 1.45. The lowest BCUT2D eigenvalue weighted by Crippen LogP contribution is -2.54. The molecule has 1 N–H and O–H groups in total. The van der Waals surface area contributed by atoms with Crippen LogP contribution < -0.4 is 24.4 Å². The number of rotatable bonds is 10. The van der Waals surface area contributed by atoms with E-state index in [0.29, 0.717) is 54.0 Å². The number of amides is 4. The SMILES string of the molecule is CCOc1cc(/C=C2/C(=O)NC(=O)N(c3ccc(Cl)cc3)C2=O)ccc1OCCCOc1cccc(C)c1. The number of nitrogens with zero attached hydrogens (tertiary/aromatic N) is 1. The fourth-order valence-electron chi connectivity index (χ4n) is 3.79. The van der Waals surface area contributed by atoms with Crippen molar-refractivity contribution in [3.63, 3.8) is 0 Å². The molecule has 0 atom stereocenters. The minimum atomic E-state index is -0.829. The van der Waals surface area contributed by atoms with Gasteiger partial charge < -0.3 is 14.2 Å². The third-order valence-electron chi connectivity index (χ3n) is 5.57. The molecule has 3 aromatic carbocycles. The molecule has 1 fully saturated rings. The van der Waals surface area contributed by atoms with Gasteiger partial charge in [0.1, 0.15) is 11.3 Å². The Morgan fingerprint density at radius 2 is 1.66 bits per heavy atom. The Morgan fingerprint density at radius 1 is 0.895 bits per heavy atom. The summed E-state index contributed by atoms with van der Waals surface area (Å²) in [5.74, 6) is 0.290. The van der Waals surface area contributed by atoms with E-state index in [1.54, 1.807) is 30.3 Å². The first-order valence-corrected chi connectivity index (χ1v) is 12.5. The molecular weight excluding hydrogens is 508 g/mol. The van der Waals surface area contributed by atoms with Crippen molar-refractivity contribution in [2.75, 3.05) is 24.7 Å². The first-order valence-electron chi connectivity index (χ1n) is 12.1. The summed E-state index contributed by atoms with van der Waals surface area (Å²) in [5, 5.41) is 2.66. The second-order valence-electron chi connectivity index (χ2n) is 8.44. The quantitative estimate of drug-likeness (QED) is 0.208. The lowest BCUT2D eigenvalue weighted by atomic mass is 10.1. The molecule has 9 heteroatoms. The highest BCUT2D eigenvalue weighted by atomic mass is 35.5. The summed E-state index contributed by atoms with van der Waals surface area (Å²) in [6.07, 6.45) is 2.07. The van der Waals surface area contributed by atoms with Gasteiger partial charge in [-0.2, -0.15) is 0 Å². The van der Waals surface area contributed by atoms with Gasteiger partial charge in [-0.1, -0.05) is 29.8 Å². The second-order valence-corrected chi connectivity index (χ2v) is 8.88. The van der Waals surface area contributed by atoms with E-state index in [4.69, 9.17) is 25.8 Å². The van der Waals surface area contributed by atoms with Gasteiger partial charge in [0.25, 0.3) is 11.8 Å². The topological polar surface area (TPSA) is 94.2 Å². The molecule has 1 saturated heterocycles. The van der Waals surface area contributed by atoms with E-state index in [-0.39, 0.29) is 5.57 Å². The average Bonchev–Trinajstić information content (AvgIpc) is 2.88. The molecule has 0 radical (unpaired) electrons.